The molecule has 0 unspecified atom stereocenters. The Hall–Kier alpha value is -4.67. The number of halogens is 1. The maximum absolute atomic E-state index is 14.4. The number of hydrogen-bond acceptors (Lipinski definition) is 7. The van der Waals surface area contributed by atoms with Crippen molar-refractivity contribution in [1.82, 2.24) is 10.9 Å². The zero-order valence-corrected chi connectivity index (χ0v) is 26.8. The zero-order valence-electron chi connectivity index (χ0n) is 25.2. The second-order valence-corrected chi connectivity index (χ2v) is 11.7. The molecule has 236 valence electrons. The monoisotopic (exact) mass is 682 g/mol. The fourth-order valence-electron chi connectivity index (χ4n) is 5.32. The minimum atomic E-state index is -1.42. The number of carbonyl (C=O) groups excluding carboxylic acids is 1. The van der Waals surface area contributed by atoms with Crippen LogP contribution in [0.2, 0.25) is 0 Å². The summed E-state index contributed by atoms with van der Waals surface area (Å²) in [6.07, 6.45) is 0.643. The SMILES string of the molecule is [N-]=[N+]=NCc1ccccc1[C@@H]1OC(c2ccc(OCCCO)cc2)=N[C@]1(Cc1ccc(Br)cc1)C(=O)NNCCc1ccccc1. The van der Waals surface area contributed by atoms with Crippen LogP contribution in [0.4, 0.5) is 0 Å². The Labute approximate surface area is 276 Å². The summed E-state index contributed by atoms with van der Waals surface area (Å²) in [5.74, 6) is 0.599. The molecule has 0 saturated heterocycles. The van der Waals surface area contributed by atoms with Crippen molar-refractivity contribution >= 4 is 27.7 Å². The summed E-state index contributed by atoms with van der Waals surface area (Å²) in [5, 5.41) is 12.9. The van der Waals surface area contributed by atoms with Crippen LogP contribution in [0, 0.1) is 0 Å². The van der Waals surface area contributed by atoms with Gasteiger partial charge in [0.25, 0.3) is 5.91 Å². The minimum Gasteiger partial charge on any atom is -0.494 e. The van der Waals surface area contributed by atoms with Gasteiger partial charge >= 0.3 is 0 Å². The van der Waals surface area contributed by atoms with Gasteiger partial charge in [-0.2, -0.15) is 0 Å². The number of rotatable bonds is 15. The smallest absolute Gasteiger partial charge is 0.266 e. The van der Waals surface area contributed by atoms with Crippen LogP contribution >= 0.6 is 15.9 Å². The number of aliphatic hydroxyl groups excluding tert-OH is 1. The highest BCUT2D eigenvalue weighted by atomic mass is 79.9. The average Bonchev–Trinajstić information content (AvgIpc) is 3.48. The Morgan fingerprint density at radius 2 is 1.74 bits per heavy atom. The van der Waals surface area contributed by atoms with E-state index in [1.54, 1.807) is 0 Å². The summed E-state index contributed by atoms with van der Waals surface area (Å²) in [4.78, 5) is 22.5. The molecule has 1 aliphatic heterocycles. The first-order chi connectivity index (χ1) is 22.5. The molecule has 46 heavy (non-hydrogen) atoms. The topological polar surface area (TPSA) is 141 Å². The molecule has 0 aliphatic carbocycles. The lowest BCUT2D eigenvalue weighted by Crippen LogP contribution is -2.54. The second kappa shape index (κ2) is 16.1. The molecule has 1 heterocycles. The molecule has 4 aromatic rings. The molecule has 5 rings (SSSR count). The number of hydrogen-bond donors (Lipinski definition) is 3. The average molecular weight is 684 g/mol. The molecule has 0 aromatic heterocycles. The van der Waals surface area contributed by atoms with Gasteiger partial charge in [0, 0.05) is 40.9 Å². The number of amides is 1. The first kappa shape index (κ1) is 32.7. The summed E-state index contributed by atoms with van der Waals surface area (Å²) < 4.78 is 13.3. The van der Waals surface area contributed by atoms with Crippen molar-refractivity contribution in [2.75, 3.05) is 19.8 Å². The summed E-state index contributed by atoms with van der Waals surface area (Å²) in [6.45, 7) is 1.05. The van der Waals surface area contributed by atoms with Gasteiger partial charge in [-0.15, -0.1) is 0 Å². The van der Waals surface area contributed by atoms with E-state index in [0.29, 0.717) is 42.3 Å². The fourth-order valence-corrected chi connectivity index (χ4v) is 5.58. The van der Waals surface area contributed by atoms with Gasteiger partial charge in [0.05, 0.1) is 13.2 Å². The lowest BCUT2D eigenvalue weighted by Gasteiger charge is -2.32. The van der Waals surface area contributed by atoms with Crippen molar-refractivity contribution < 1.29 is 19.4 Å². The molecule has 11 heteroatoms. The third-order valence-corrected chi connectivity index (χ3v) is 8.17. The number of hydrazine groups is 1. The Morgan fingerprint density at radius 1 is 1.00 bits per heavy atom. The van der Waals surface area contributed by atoms with Crippen LogP contribution < -0.4 is 15.6 Å². The van der Waals surface area contributed by atoms with Gasteiger partial charge in [0.2, 0.25) is 5.90 Å². The molecule has 0 spiro atoms. The minimum absolute atomic E-state index is 0.0505. The number of nitrogens with zero attached hydrogens (tertiary/aromatic N) is 4. The van der Waals surface area contributed by atoms with Crippen LogP contribution in [-0.4, -0.2) is 42.2 Å². The van der Waals surface area contributed by atoms with Crippen molar-refractivity contribution in [3.8, 4) is 5.75 Å². The standard InChI is InChI=1S/C35H35BrN6O4/c36-29-15-11-26(12-16-29)23-35(34(44)41-38-20-19-25-7-2-1-3-8-25)32(31-10-5-4-9-28(31)24-39-42-37)46-33(40-35)27-13-17-30(18-14-27)45-22-6-21-43/h1-5,7-18,32,38,43H,6,19-24H2,(H,41,44)/t32-,35-/m0/s1. The molecule has 0 radical (unpaired) electrons. The highest BCUT2D eigenvalue weighted by Gasteiger charge is 2.53. The van der Waals surface area contributed by atoms with Gasteiger partial charge < -0.3 is 14.6 Å². The molecule has 2 atom stereocenters. The van der Waals surface area contributed by atoms with Crippen LogP contribution in [0.5, 0.6) is 5.75 Å². The van der Waals surface area contributed by atoms with E-state index in [4.69, 9.17) is 25.1 Å². The van der Waals surface area contributed by atoms with Crippen molar-refractivity contribution in [1.29, 1.82) is 0 Å². The van der Waals surface area contributed by atoms with Crippen molar-refractivity contribution in [2.24, 2.45) is 10.1 Å². The predicted octanol–water partition coefficient (Wildman–Crippen LogP) is 6.38. The number of ether oxygens (including phenoxy) is 2. The highest BCUT2D eigenvalue weighted by molar-refractivity contribution is 9.10. The molecular weight excluding hydrogens is 648 g/mol. The lowest BCUT2D eigenvalue weighted by atomic mass is 9.81. The van der Waals surface area contributed by atoms with E-state index in [2.05, 4.69) is 36.8 Å². The fraction of sp³-hybridized carbons (Fsp3) is 0.257. The van der Waals surface area contributed by atoms with Gasteiger partial charge in [0.15, 0.2) is 11.6 Å². The third-order valence-electron chi connectivity index (χ3n) is 7.64. The Kier molecular flexibility index (Phi) is 11.4. The lowest BCUT2D eigenvalue weighted by molar-refractivity contribution is -0.130. The van der Waals surface area contributed by atoms with Crippen molar-refractivity contribution in [2.45, 2.75) is 37.5 Å². The second-order valence-electron chi connectivity index (χ2n) is 10.8. The summed E-state index contributed by atoms with van der Waals surface area (Å²) in [7, 11) is 0. The molecule has 0 bridgehead atoms. The van der Waals surface area contributed by atoms with Crippen LogP contribution in [-0.2, 0) is 28.9 Å². The number of benzene rings is 4. The molecule has 4 aromatic carbocycles. The number of aliphatic hydroxyl groups is 1. The van der Waals surface area contributed by atoms with E-state index in [9.17, 15) is 4.79 Å². The summed E-state index contributed by atoms with van der Waals surface area (Å²) >= 11 is 3.51. The Morgan fingerprint density at radius 3 is 2.48 bits per heavy atom. The third kappa shape index (κ3) is 8.13. The van der Waals surface area contributed by atoms with Crippen LogP contribution in [0.3, 0.4) is 0 Å². The van der Waals surface area contributed by atoms with Gasteiger partial charge in [-0.3, -0.25) is 10.2 Å². The predicted molar refractivity (Wildman–Crippen MR) is 180 cm³/mol. The Balaban J connectivity index is 1.53. The van der Waals surface area contributed by atoms with Gasteiger partial charge in [-0.1, -0.05) is 87.8 Å². The molecule has 0 saturated carbocycles. The van der Waals surface area contributed by atoms with E-state index >= 15 is 0 Å². The van der Waals surface area contributed by atoms with E-state index in [1.807, 2.05) is 103 Å². The first-order valence-electron chi connectivity index (χ1n) is 15.0. The Bertz CT molecular complexity index is 1680. The van der Waals surface area contributed by atoms with Crippen LogP contribution in [0.15, 0.2) is 118 Å². The number of azide groups is 1. The van der Waals surface area contributed by atoms with E-state index in [1.165, 1.54) is 0 Å². The van der Waals surface area contributed by atoms with Crippen LogP contribution in [0.25, 0.3) is 10.4 Å². The zero-order chi connectivity index (χ0) is 32.2. The normalized spacial score (nSPS) is 17.0. The van der Waals surface area contributed by atoms with Gasteiger partial charge in [-0.25, -0.2) is 10.4 Å². The van der Waals surface area contributed by atoms with Crippen molar-refractivity contribution in [3.05, 3.63) is 146 Å². The largest absolute Gasteiger partial charge is 0.494 e. The first-order valence-corrected chi connectivity index (χ1v) is 15.8. The molecular formula is C35H35BrN6O4. The van der Waals surface area contributed by atoms with Crippen LogP contribution in [0.1, 0.15) is 40.3 Å². The van der Waals surface area contributed by atoms with Gasteiger partial charge in [-0.05, 0) is 70.6 Å². The highest BCUT2D eigenvalue weighted by Crippen LogP contribution is 2.44. The molecule has 10 nitrogen and oxygen atoms in total. The van der Waals surface area contributed by atoms with E-state index in [-0.39, 0.29) is 25.5 Å². The molecule has 1 aliphatic rings. The maximum atomic E-state index is 14.4. The summed E-state index contributed by atoms with van der Waals surface area (Å²) in [6, 6.07) is 32.6. The number of aliphatic imine (C=N–C) groups is 1. The molecule has 3 N–H and O–H groups in total. The summed E-state index contributed by atoms with van der Waals surface area (Å²) in [5.41, 5.74) is 17.8. The number of nitrogens with one attached hydrogen (secondary N) is 2. The van der Waals surface area contributed by atoms with E-state index in [0.717, 1.165) is 27.6 Å². The van der Waals surface area contributed by atoms with E-state index < -0.39 is 11.6 Å². The molecule has 0 fully saturated rings. The molecule has 1 amide bonds. The van der Waals surface area contributed by atoms with Crippen molar-refractivity contribution in [3.63, 3.8) is 0 Å². The van der Waals surface area contributed by atoms with Gasteiger partial charge in [0.1, 0.15) is 5.75 Å². The maximum Gasteiger partial charge on any atom is 0.266 e. The number of carbonyl (C=O) groups is 1. The quantitative estimate of drug-likeness (QED) is 0.0439.